The molecule has 1 aliphatic rings. The summed E-state index contributed by atoms with van der Waals surface area (Å²) in [5.41, 5.74) is 3.29. The molecule has 1 saturated carbocycles. The van der Waals surface area contributed by atoms with Crippen LogP contribution >= 0.6 is 0 Å². The fourth-order valence-electron chi connectivity index (χ4n) is 3.27. The minimum atomic E-state index is 0.187. The van der Waals surface area contributed by atoms with Gasteiger partial charge in [-0.1, -0.05) is 43.9 Å². The van der Waals surface area contributed by atoms with E-state index < -0.39 is 0 Å². The van der Waals surface area contributed by atoms with E-state index in [1.54, 1.807) is 0 Å². The summed E-state index contributed by atoms with van der Waals surface area (Å²) in [6.07, 6.45) is 7.51. The summed E-state index contributed by atoms with van der Waals surface area (Å²) < 4.78 is 0. The number of carbonyl (C=O) groups excluding carboxylic acids is 1. The Bertz CT molecular complexity index is 460. The Morgan fingerprint density at radius 2 is 1.95 bits per heavy atom. The number of nitrogens with zero attached hydrogens (tertiary/aromatic N) is 1. The molecule has 0 radical (unpaired) electrons. The molecule has 0 aromatic heterocycles. The molecule has 1 aromatic carbocycles. The second-order valence-electron chi connectivity index (χ2n) is 6.20. The summed E-state index contributed by atoms with van der Waals surface area (Å²) in [5.74, 6) is 0.889. The van der Waals surface area contributed by atoms with Crippen LogP contribution in [0, 0.1) is 12.8 Å². The van der Waals surface area contributed by atoms with Gasteiger partial charge in [0.25, 0.3) is 5.91 Å². The number of carbonyl (C=O) groups is 1. The van der Waals surface area contributed by atoms with Crippen molar-refractivity contribution < 1.29 is 4.79 Å². The summed E-state index contributed by atoms with van der Waals surface area (Å²) >= 11 is 0. The van der Waals surface area contributed by atoms with Crippen LogP contribution in [0.2, 0.25) is 0 Å². The van der Waals surface area contributed by atoms with Crippen LogP contribution in [0.25, 0.3) is 0 Å². The molecule has 0 N–H and O–H groups in total. The van der Waals surface area contributed by atoms with Crippen molar-refractivity contribution in [3.05, 3.63) is 34.9 Å². The van der Waals surface area contributed by atoms with E-state index in [0.29, 0.717) is 5.92 Å². The van der Waals surface area contributed by atoms with E-state index in [4.69, 9.17) is 0 Å². The van der Waals surface area contributed by atoms with E-state index in [1.807, 2.05) is 24.1 Å². The molecule has 0 heterocycles. The predicted molar refractivity (Wildman–Crippen MR) is 84.1 cm³/mol. The van der Waals surface area contributed by atoms with E-state index in [2.05, 4.69) is 19.9 Å². The topological polar surface area (TPSA) is 20.3 Å². The van der Waals surface area contributed by atoms with Crippen molar-refractivity contribution in [2.45, 2.75) is 52.4 Å². The lowest BCUT2D eigenvalue weighted by Crippen LogP contribution is -2.33. The molecule has 1 aromatic rings. The summed E-state index contributed by atoms with van der Waals surface area (Å²) in [6, 6.07) is 6.18. The third-order valence-electron chi connectivity index (χ3n) is 4.48. The van der Waals surface area contributed by atoms with E-state index in [0.717, 1.165) is 18.5 Å². The Morgan fingerprint density at radius 3 is 2.60 bits per heavy atom. The van der Waals surface area contributed by atoms with Gasteiger partial charge in [0.1, 0.15) is 0 Å². The SMILES string of the molecule is CCc1cc(C)ccc1C(=O)N(C)CC1CCCCC1. The maximum Gasteiger partial charge on any atom is 0.253 e. The Hall–Kier alpha value is -1.31. The van der Waals surface area contributed by atoms with Crippen LogP contribution in [-0.4, -0.2) is 24.4 Å². The van der Waals surface area contributed by atoms with Gasteiger partial charge in [-0.15, -0.1) is 0 Å². The summed E-state index contributed by atoms with van der Waals surface area (Å²) in [4.78, 5) is 14.6. The van der Waals surface area contributed by atoms with Gasteiger partial charge in [-0.05, 0) is 43.7 Å². The van der Waals surface area contributed by atoms with E-state index in [1.165, 1.54) is 43.2 Å². The molecule has 0 saturated heterocycles. The molecule has 0 spiro atoms. The molecular weight excluding hydrogens is 246 g/mol. The molecule has 2 nitrogen and oxygen atoms in total. The zero-order chi connectivity index (χ0) is 14.5. The highest BCUT2D eigenvalue weighted by atomic mass is 16.2. The van der Waals surface area contributed by atoms with Gasteiger partial charge in [-0.25, -0.2) is 0 Å². The number of hydrogen-bond acceptors (Lipinski definition) is 1. The Labute approximate surface area is 123 Å². The largest absolute Gasteiger partial charge is 0.341 e. The summed E-state index contributed by atoms with van der Waals surface area (Å²) in [7, 11) is 1.95. The van der Waals surface area contributed by atoms with Gasteiger partial charge >= 0.3 is 0 Å². The molecule has 0 aliphatic heterocycles. The minimum Gasteiger partial charge on any atom is -0.341 e. The van der Waals surface area contributed by atoms with Crippen LogP contribution < -0.4 is 0 Å². The Balaban J connectivity index is 2.05. The molecule has 2 heteroatoms. The van der Waals surface area contributed by atoms with Crippen LogP contribution in [0.1, 0.15) is 60.5 Å². The summed E-state index contributed by atoms with van der Waals surface area (Å²) in [5, 5.41) is 0. The Morgan fingerprint density at radius 1 is 1.25 bits per heavy atom. The first kappa shape index (κ1) is 15.1. The van der Waals surface area contributed by atoms with Crippen molar-refractivity contribution in [1.82, 2.24) is 4.90 Å². The van der Waals surface area contributed by atoms with Crippen LogP contribution in [0.5, 0.6) is 0 Å². The van der Waals surface area contributed by atoms with E-state index in [-0.39, 0.29) is 5.91 Å². The first-order valence-corrected chi connectivity index (χ1v) is 7.96. The van der Waals surface area contributed by atoms with Crippen molar-refractivity contribution in [3.63, 3.8) is 0 Å². The molecule has 0 atom stereocenters. The van der Waals surface area contributed by atoms with Gasteiger partial charge in [0.05, 0.1) is 0 Å². The number of rotatable bonds is 4. The van der Waals surface area contributed by atoms with Crippen LogP contribution in [0.4, 0.5) is 0 Å². The molecule has 20 heavy (non-hydrogen) atoms. The van der Waals surface area contributed by atoms with Gasteiger partial charge in [0, 0.05) is 19.2 Å². The third-order valence-corrected chi connectivity index (χ3v) is 4.48. The maximum absolute atomic E-state index is 12.6. The highest BCUT2D eigenvalue weighted by Gasteiger charge is 2.20. The van der Waals surface area contributed by atoms with Gasteiger partial charge in [0.15, 0.2) is 0 Å². The average Bonchev–Trinajstić information content (AvgIpc) is 2.47. The number of amides is 1. The van der Waals surface area contributed by atoms with Gasteiger partial charge in [-0.2, -0.15) is 0 Å². The molecule has 1 fully saturated rings. The number of aryl methyl sites for hydroxylation is 2. The van der Waals surface area contributed by atoms with Gasteiger partial charge in [0.2, 0.25) is 0 Å². The smallest absolute Gasteiger partial charge is 0.253 e. The zero-order valence-electron chi connectivity index (χ0n) is 13.1. The molecule has 0 bridgehead atoms. The predicted octanol–water partition coefficient (Wildman–Crippen LogP) is 4.21. The lowest BCUT2D eigenvalue weighted by Gasteiger charge is -2.27. The lowest BCUT2D eigenvalue weighted by atomic mass is 9.89. The maximum atomic E-state index is 12.6. The number of hydrogen-bond donors (Lipinski definition) is 0. The molecular formula is C18H27NO. The first-order valence-electron chi connectivity index (χ1n) is 7.96. The monoisotopic (exact) mass is 273 g/mol. The second kappa shape index (κ2) is 6.92. The van der Waals surface area contributed by atoms with Crippen molar-refractivity contribution in [1.29, 1.82) is 0 Å². The zero-order valence-corrected chi connectivity index (χ0v) is 13.1. The molecule has 1 aliphatic carbocycles. The number of benzene rings is 1. The fourth-order valence-corrected chi connectivity index (χ4v) is 3.27. The minimum absolute atomic E-state index is 0.187. The first-order chi connectivity index (χ1) is 9.61. The standard InChI is InChI=1S/C18H27NO/c1-4-16-12-14(2)10-11-17(16)18(20)19(3)13-15-8-6-5-7-9-15/h10-12,15H,4-9,13H2,1-3H3. The van der Waals surface area contributed by atoms with Crippen LogP contribution in [0.3, 0.4) is 0 Å². The molecule has 110 valence electrons. The van der Waals surface area contributed by atoms with Crippen molar-refractivity contribution in [3.8, 4) is 0 Å². The van der Waals surface area contributed by atoms with E-state index >= 15 is 0 Å². The van der Waals surface area contributed by atoms with Crippen LogP contribution in [0.15, 0.2) is 18.2 Å². The van der Waals surface area contributed by atoms with Crippen LogP contribution in [-0.2, 0) is 6.42 Å². The summed E-state index contributed by atoms with van der Waals surface area (Å²) in [6.45, 7) is 5.11. The van der Waals surface area contributed by atoms with E-state index in [9.17, 15) is 4.79 Å². The Kier molecular flexibility index (Phi) is 5.22. The van der Waals surface area contributed by atoms with Crippen molar-refractivity contribution >= 4 is 5.91 Å². The molecule has 0 unspecified atom stereocenters. The lowest BCUT2D eigenvalue weighted by molar-refractivity contribution is 0.0759. The quantitative estimate of drug-likeness (QED) is 0.804. The highest BCUT2D eigenvalue weighted by molar-refractivity contribution is 5.95. The fraction of sp³-hybridized carbons (Fsp3) is 0.611. The van der Waals surface area contributed by atoms with Gasteiger partial charge < -0.3 is 4.90 Å². The molecule has 1 amide bonds. The highest BCUT2D eigenvalue weighted by Crippen LogP contribution is 2.25. The third kappa shape index (κ3) is 3.62. The average molecular weight is 273 g/mol. The molecule has 2 rings (SSSR count). The normalized spacial score (nSPS) is 16.1. The van der Waals surface area contributed by atoms with Crippen molar-refractivity contribution in [2.24, 2.45) is 5.92 Å². The van der Waals surface area contributed by atoms with Crippen molar-refractivity contribution in [2.75, 3.05) is 13.6 Å². The second-order valence-corrected chi connectivity index (χ2v) is 6.20. The van der Waals surface area contributed by atoms with Gasteiger partial charge in [-0.3, -0.25) is 4.79 Å².